The molecular weight excluding hydrogens is 522 g/mol. The second kappa shape index (κ2) is 11.3. The zero-order valence-corrected chi connectivity index (χ0v) is 20.5. The molecule has 0 aliphatic carbocycles. The van der Waals surface area contributed by atoms with Gasteiger partial charge in [-0.2, -0.15) is 0 Å². The van der Waals surface area contributed by atoms with E-state index in [-0.39, 0.29) is 35.8 Å². The van der Waals surface area contributed by atoms with E-state index in [1.165, 1.54) is 6.07 Å². The van der Waals surface area contributed by atoms with Crippen LogP contribution in [0.3, 0.4) is 0 Å². The Morgan fingerprint density at radius 3 is 2.75 bits per heavy atom. The van der Waals surface area contributed by atoms with E-state index in [4.69, 9.17) is 9.73 Å². The number of rotatable bonds is 6. The molecule has 32 heavy (non-hydrogen) atoms. The van der Waals surface area contributed by atoms with E-state index in [9.17, 15) is 4.39 Å². The fourth-order valence-corrected chi connectivity index (χ4v) is 3.56. The predicted molar refractivity (Wildman–Crippen MR) is 133 cm³/mol. The van der Waals surface area contributed by atoms with Gasteiger partial charge in [0.25, 0.3) is 0 Å². The molecule has 0 saturated heterocycles. The summed E-state index contributed by atoms with van der Waals surface area (Å²) < 4.78 is 21.7. The molecule has 1 aromatic heterocycles. The van der Waals surface area contributed by atoms with Gasteiger partial charge in [-0.05, 0) is 31.0 Å². The largest absolute Gasteiger partial charge is 0.493 e. The topological polar surface area (TPSA) is 76.4 Å². The van der Waals surface area contributed by atoms with Crippen molar-refractivity contribution in [3.05, 3.63) is 77.1 Å². The number of halogens is 2. The number of nitrogens with zero attached hydrogens (tertiary/aromatic N) is 4. The summed E-state index contributed by atoms with van der Waals surface area (Å²) in [4.78, 5) is 4.73. The highest BCUT2D eigenvalue weighted by molar-refractivity contribution is 14.0. The lowest BCUT2D eigenvalue weighted by Crippen LogP contribution is -2.42. The van der Waals surface area contributed by atoms with E-state index in [1.807, 2.05) is 42.8 Å². The van der Waals surface area contributed by atoms with Crippen molar-refractivity contribution in [2.24, 2.45) is 12.0 Å². The Hall–Kier alpha value is -2.69. The molecule has 170 valence electrons. The van der Waals surface area contributed by atoms with Crippen molar-refractivity contribution < 1.29 is 9.13 Å². The first-order valence-corrected chi connectivity index (χ1v) is 10.5. The molecule has 4 rings (SSSR count). The lowest BCUT2D eigenvalue weighted by Gasteiger charge is -2.28. The van der Waals surface area contributed by atoms with Crippen LogP contribution in [-0.2, 0) is 20.0 Å². The van der Waals surface area contributed by atoms with Gasteiger partial charge >= 0.3 is 0 Å². The monoisotopic (exact) mass is 550 g/mol. The zero-order valence-electron chi connectivity index (χ0n) is 18.2. The number of nitrogens with one attached hydrogen (secondary N) is 2. The van der Waals surface area contributed by atoms with Gasteiger partial charge in [0.05, 0.1) is 12.6 Å². The third-order valence-corrected chi connectivity index (χ3v) is 5.48. The average Bonchev–Trinajstić information content (AvgIpc) is 3.11. The number of hydrogen-bond donors (Lipinski definition) is 2. The summed E-state index contributed by atoms with van der Waals surface area (Å²) in [6.07, 6.45) is 1.38. The van der Waals surface area contributed by atoms with Crippen molar-refractivity contribution in [2.45, 2.75) is 32.4 Å². The van der Waals surface area contributed by atoms with Gasteiger partial charge in [-0.15, -0.1) is 34.2 Å². The number of guanidine groups is 1. The van der Waals surface area contributed by atoms with Crippen molar-refractivity contribution in [3.8, 4) is 5.75 Å². The first-order valence-electron chi connectivity index (χ1n) is 10.5. The first kappa shape index (κ1) is 24.0. The smallest absolute Gasteiger partial charge is 0.192 e. The van der Waals surface area contributed by atoms with E-state index < -0.39 is 0 Å². The van der Waals surface area contributed by atoms with Crippen molar-refractivity contribution in [3.63, 3.8) is 0 Å². The van der Waals surface area contributed by atoms with Crippen molar-refractivity contribution in [1.82, 2.24) is 25.4 Å². The van der Waals surface area contributed by atoms with Crippen LogP contribution in [0.4, 0.5) is 4.39 Å². The Labute approximate surface area is 204 Å². The third-order valence-electron chi connectivity index (χ3n) is 5.48. The molecule has 0 spiro atoms. The summed E-state index contributed by atoms with van der Waals surface area (Å²) >= 11 is 0. The Balaban J connectivity index is 0.00000289. The van der Waals surface area contributed by atoms with E-state index in [1.54, 1.807) is 12.1 Å². The molecule has 0 radical (unpaired) electrons. The highest BCUT2D eigenvalue weighted by Crippen LogP contribution is 2.31. The van der Waals surface area contributed by atoms with Gasteiger partial charge in [0.1, 0.15) is 23.9 Å². The fourth-order valence-electron chi connectivity index (χ4n) is 3.56. The van der Waals surface area contributed by atoms with Gasteiger partial charge in [-0.3, -0.25) is 0 Å². The maximum Gasteiger partial charge on any atom is 0.192 e. The van der Waals surface area contributed by atoms with Crippen LogP contribution in [0.15, 0.2) is 53.5 Å². The normalized spacial score (nSPS) is 15.3. The van der Waals surface area contributed by atoms with Gasteiger partial charge in [-0.25, -0.2) is 9.38 Å². The van der Waals surface area contributed by atoms with Gasteiger partial charge in [0.2, 0.25) is 0 Å². The standard InChI is InChI=1S/C23H27FN6O.HI/c1-16-28-29-22(30(16)2)15-26-23(25-13-11-17-7-3-5-9-19(17)24)27-20-12-14-31-21-10-6-4-8-18(20)21;/h3-10,20H,11-15H2,1-2H3,(H2,25,26,27);1H. The lowest BCUT2D eigenvalue weighted by molar-refractivity contribution is 0.261. The minimum absolute atomic E-state index is 0. The lowest BCUT2D eigenvalue weighted by atomic mass is 10.0. The number of benzene rings is 2. The molecule has 0 fully saturated rings. The van der Waals surface area contributed by atoms with Crippen LogP contribution in [0.25, 0.3) is 0 Å². The maximum atomic E-state index is 14.0. The van der Waals surface area contributed by atoms with Crippen LogP contribution >= 0.6 is 24.0 Å². The van der Waals surface area contributed by atoms with E-state index in [2.05, 4.69) is 26.9 Å². The SMILES string of the molecule is Cc1nnc(CN=C(NCCc2ccccc2F)NC2CCOc3ccccc32)n1C.I. The second-order valence-corrected chi connectivity index (χ2v) is 7.53. The minimum atomic E-state index is -0.191. The molecule has 1 aliphatic heterocycles. The Kier molecular flexibility index (Phi) is 8.43. The molecule has 1 aliphatic rings. The average molecular weight is 550 g/mol. The number of fused-ring (bicyclic) bond motifs is 1. The highest BCUT2D eigenvalue weighted by atomic mass is 127. The van der Waals surface area contributed by atoms with Crippen LogP contribution in [-0.4, -0.2) is 33.9 Å². The van der Waals surface area contributed by atoms with E-state index in [0.717, 1.165) is 29.4 Å². The molecule has 3 aromatic rings. The van der Waals surface area contributed by atoms with Crippen LogP contribution in [0.2, 0.25) is 0 Å². The van der Waals surface area contributed by atoms with Crippen LogP contribution in [0.1, 0.15) is 35.2 Å². The molecule has 7 nitrogen and oxygen atoms in total. The Morgan fingerprint density at radius 2 is 1.97 bits per heavy atom. The number of aliphatic imine (C=N–C) groups is 1. The fraction of sp³-hybridized carbons (Fsp3) is 0.348. The van der Waals surface area contributed by atoms with Crippen LogP contribution in [0.5, 0.6) is 5.75 Å². The summed E-state index contributed by atoms with van der Waals surface area (Å²) in [7, 11) is 1.92. The summed E-state index contributed by atoms with van der Waals surface area (Å²) in [6.45, 7) is 3.48. The zero-order chi connectivity index (χ0) is 21.6. The van der Waals surface area contributed by atoms with Crippen molar-refractivity contribution in [1.29, 1.82) is 0 Å². The quantitative estimate of drug-likeness (QED) is 0.278. The summed E-state index contributed by atoms with van der Waals surface area (Å²) in [5.41, 5.74) is 1.78. The van der Waals surface area contributed by atoms with Gasteiger partial charge in [0, 0.05) is 25.6 Å². The number of hydrogen-bond acceptors (Lipinski definition) is 4. The number of para-hydroxylation sites is 1. The van der Waals surface area contributed by atoms with Gasteiger partial charge in [0.15, 0.2) is 11.8 Å². The highest BCUT2D eigenvalue weighted by Gasteiger charge is 2.22. The number of ether oxygens (including phenoxy) is 1. The maximum absolute atomic E-state index is 14.0. The molecule has 1 atom stereocenters. The van der Waals surface area contributed by atoms with E-state index in [0.29, 0.717) is 37.6 Å². The van der Waals surface area contributed by atoms with E-state index >= 15 is 0 Å². The van der Waals surface area contributed by atoms with Gasteiger partial charge in [-0.1, -0.05) is 36.4 Å². The number of aryl methyl sites for hydroxylation is 1. The molecular formula is C23H28FIN6O. The summed E-state index contributed by atoms with van der Waals surface area (Å²) in [5, 5.41) is 15.1. The predicted octanol–water partition coefficient (Wildman–Crippen LogP) is 3.68. The molecule has 2 heterocycles. The molecule has 2 aromatic carbocycles. The summed E-state index contributed by atoms with van der Waals surface area (Å²) in [6, 6.07) is 14.9. The second-order valence-electron chi connectivity index (χ2n) is 7.53. The van der Waals surface area contributed by atoms with Crippen molar-refractivity contribution >= 4 is 29.9 Å². The molecule has 1 unspecified atom stereocenters. The van der Waals surface area contributed by atoms with Gasteiger partial charge < -0.3 is 19.9 Å². The molecule has 9 heteroatoms. The molecule has 0 saturated carbocycles. The first-order chi connectivity index (χ1) is 15.1. The molecule has 0 amide bonds. The Morgan fingerprint density at radius 1 is 1.19 bits per heavy atom. The van der Waals surface area contributed by atoms with Crippen LogP contribution in [0, 0.1) is 12.7 Å². The van der Waals surface area contributed by atoms with Crippen molar-refractivity contribution in [2.75, 3.05) is 13.2 Å². The molecule has 0 bridgehead atoms. The summed E-state index contributed by atoms with van der Waals surface area (Å²) in [5.74, 6) is 2.97. The molecule has 2 N–H and O–H groups in total. The number of aromatic nitrogens is 3. The Bertz CT molecular complexity index is 1070. The van der Waals surface area contributed by atoms with Crippen LogP contribution < -0.4 is 15.4 Å². The minimum Gasteiger partial charge on any atom is -0.493 e. The third kappa shape index (κ3) is 5.76.